The molecule has 0 aliphatic rings. The first-order valence-electron chi connectivity index (χ1n) is 5.58. The number of nitrogens with one attached hydrogen (secondary N) is 1. The van der Waals surface area contributed by atoms with Gasteiger partial charge < -0.3 is 5.32 Å². The van der Waals surface area contributed by atoms with Gasteiger partial charge in [0.15, 0.2) is 0 Å². The van der Waals surface area contributed by atoms with Crippen LogP contribution in [0.4, 0.5) is 14.5 Å². The van der Waals surface area contributed by atoms with Gasteiger partial charge in [0.25, 0.3) is 5.91 Å². The zero-order chi connectivity index (χ0) is 15.6. The van der Waals surface area contributed by atoms with Crippen LogP contribution in [-0.4, -0.2) is 5.91 Å². The van der Waals surface area contributed by atoms with E-state index in [2.05, 4.69) is 5.32 Å². The number of carbonyl (C=O) groups is 1. The number of nitriles is 1. The molecule has 0 aromatic heterocycles. The van der Waals surface area contributed by atoms with Crippen molar-refractivity contribution in [3.8, 4) is 6.07 Å². The SMILES string of the molecule is N#Cc1ccc(Cl)c(NC(=O)c2cc(F)c(Cl)cc2F)c1. The highest BCUT2D eigenvalue weighted by molar-refractivity contribution is 6.34. The Balaban J connectivity index is 2.35. The predicted molar refractivity (Wildman–Crippen MR) is 75.5 cm³/mol. The Morgan fingerprint density at radius 3 is 2.48 bits per heavy atom. The Hall–Kier alpha value is -2.16. The van der Waals surface area contributed by atoms with Crippen molar-refractivity contribution in [1.82, 2.24) is 0 Å². The van der Waals surface area contributed by atoms with E-state index in [0.717, 1.165) is 0 Å². The smallest absolute Gasteiger partial charge is 0.258 e. The molecule has 106 valence electrons. The van der Waals surface area contributed by atoms with Crippen LogP contribution in [0.25, 0.3) is 0 Å². The number of hydrogen-bond acceptors (Lipinski definition) is 2. The maximum absolute atomic E-state index is 13.6. The van der Waals surface area contributed by atoms with Gasteiger partial charge in [-0.05, 0) is 30.3 Å². The van der Waals surface area contributed by atoms with Crippen molar-refractivity contribution in [3.05, 3.63) is 63.1 Å². The normalized spacial score (nSPS) is 10.0. The van der Waals surface area contributed by atoms with Gasteiger partial charge >= 0.3 is 0 Å². The van der Waals surface area contributed by atoms with Gasteiger partial charge in [0, 0.05) is 0 Å². The number of benzene rings is 2. The lowest BCUT2D eigenvalue weighted by molar-refractivity contribution is 0.102. The lowest BCUT2D eigenvalue weighted by Gasteiger charge is -2.09. The van der Waals surface area contributed by atoms with Crippen LogP contribution in [-0.2, 0) is 0 Å². The van der Waals surface area contributed by atoms with E-state index in [4.69, 9.17) is 28.5 Å². The van der Waals surface area contributed by atoms with Crippen molar-refractivity contribution in [2.75, 3.05) is 5.32 Å². The molecule has 2 rings (SSSR count). The Labute approximate surface area is 128 Å². The van der Waals surface area contributed by atoms with Gasteiger partial charge in [-0.1, -0.05) is 23.2 Å². The second-order valence-corrected chi connectivity index (χ2v) is 4.82. The summed E-state index contributed by atoms with van der Waals surface area (Å²) in [5.41, 5.74) is -0.136. The average Bonchev–Trinajstić information content (AvgIpc) is 2.45. The molecule has 1 amide bonds. The topological polar surface area (TPSA) is 52.9 Å². The minimum Gasteiger partial charge on any atom is -0.320 e. The summed E-state index contributed by atoms with van der Waals surface area (Å²) in [5, 5.41) is 10.8. The maximum Gasteiger partial charge on any atom is 0.258 e. The molecule has 1 N–H and O–H groups in total. The summed E-state index contributed by atoms with van der Waals surface area (Å²) >= 11 is 11.3. The highest BCUT2D eigenvalue weighted by Gasteiger charge is 2.16. The van der Waals surface area contributed by atoms with Crippen LogP contribution >= 0.6 is 23.2 Å². The van der Waals surface area contributed by atoms with Crippen molar-refractivity contribution in [2.45, 2.75) is 0 Å². The minimum atomic E-state index is -0.966. The molecular formula is C14H6Cl2F2N2O. The zero-order valence-electron chi connectivity index (χ0n) is 10.3. The third kappa shape index (κ3) is 3.30. The van der Waals surface area contributed by atoms with E-state index < -0.39 is 28.1 Å². The van der Waals surface area contributed by atoms with E-state index in [-0.39, 0.29) is 16.3 Å². The van der Waals surface area contributed by atoms with Crippen LogP contribution in [0.15, 0.2) is 30.3 Å². The van der Waals surface area contributed by atoms with Crippen LogP contribution in [0, 0.1) is 23.0 Å². The van der Waals surface area contributed by atoms with E-state index in [1.54, 1.807) is 0 Å². The Kier molecular flexibility index (Phi) is 4.41. The first-order chi connectivity index (χ1) is 9.92. The standard InChI is InChI=1S/C14H6Cl2F2N2O/c15-9-2-1-7(6-19)3-13(9)20-14(21)8-4-12(18)10(16)5-11(8)17/h1-5H,(H,20,21). The van der Waals surface area contributed by atoms with Gasteiger partial charge in [-0.3, -0.25) is 4.79 Å². The summed E-state index contributed by atoms with van der Waals surface area (Å²) in [6.45, 7) is 0. The highest BCUT2D eigenvalue weighted by Crippen LogP contribution is 2.25. The number of nitrogens with zero attached hydrogens (tertiary/aromatic N) is 1. The summed E-state index contributed by atoms with van der Waals surface area (Å²) in [4.78, 5) is 11.9. The molecule has 0 fully saturated rings. The van der Waals surface area contributed by atoms with Crippen molar-refractivity contribution in [1.29, 1.82) is 5.26 Å². The molecule has 21 heavy (non-hydrogen) atoms. The number of halogens is 4. The molecule has 0 bridgehead atoms. The third-order valence-electron chi connectivity index (χ3n) is 2.60. The molecular weight excluding hydrogens is 321 g/mol. The second kappa shape index (κ2) is 6.08. The van der Waals surface area contributed by atoms with Crippen LogP contribution in [0.5, 0.6) is 0 Å². The van der Waals surface area contributed by atoms with E-state index in [9.17, 15) is 13.6 Å². The molecule has 3 nitrogen and oxygen atoms in total. The van der Waals surface area contributed by atoms with Crippen molar-refractivity contribution < 1.29 is 13.6 Å². The lowest BCUT2D eigenvalue weighted by atomic mass is 10.1. The van der Waals surface area contributed by atoms with Crippen molar-refractivity contribution >= 4 is 34.8 Å². The summed E-state index contributed by atoms with van der Waals surface area (Å²) in [6.07, 6.45) is 0. The fourth-order valence-electron chi connectivity index (χ4n) is 1.58. The number of rotatable bonds is 2. The molecule has 0 radical (unpaired) electrons. The molecule has 2 aromatic carbocycles. The molecule has 0 aliphatic heterocycles. The van der Waals surface area contributed by atoms with E-state index in [0.29, 0.717) is 12.1 Å². The lowest BCUT2D eigenvalue weighted by Crippen LogP contribution is -2.14. The van der Waals surface area contributed by atoms with Gasteiger partial charge in [0.1, 0.15) is 11.6 Å². The predicted octanol–water partition coefficient (Wildman–Crippen LogP) is 4.40. The van der Waals surface area contributed by atoms with Crippen LogP contribution in [0.1, 0.15) is 15.9 Å². The molecule has 0 heterocycles. The van der Waals surface area contributed by atoms with E-state index >= 15 is 0 Å². The first-order valence-corrected chi connectivity index (χ1v) is 6.33. The van der Waals surface area contributed by atoms with Gasteiger partial charge in [-0.25, -0.2) is 8.78 Å². The van der Waals surface area contributed by atoms with Gasteiger partial charge in [-0.15, -0.1) is 0 Å². The van der Waals surface area contributed by atoms with Gasteiger partial charge in [0.2, 0.25) is 0 Å². The molecule has 2 aromatic rings. The Bertz CT molecular complexity index is 772. The highest BCUT2D eigenvalue weighted by atomic mass is 35.5. The molecule has 0 atom stereocenters. The number of amides is 1. The van der Waals surface area contributed by atoms with Crippen molar-refractivity contribution in [3.63, 3.8) is 0 Å². The number of anilines is 1. The molecule has 7 heteroatoms. The summed E-state index contributed by atoms with van der Waals surface area (Å²) in [5.74, 6) is -2.79. The summed E-state index contributed by atoms with van der Waals surface area (Å²) in [7, 11) is 0. The Morgan fingerprint density at radius 2 is 1.81 bits per heavy atom. The monoisotopic (exact) mass is 326 g/mol. The Morgan fingerprint density at radius 1 is 1.10 bits per heavy atom. The van der Waals surface area contributed by atoms with E-state index in [1.165, 1.54) is 18.2 Å². The first kappa shape index (κ1) is 15.2. The summed E-state index contributed by atoms with van der Waals surface area (Å²) in [6, 6.07) is 7.46. The fraction of sp³-hybridized carbons (Fsp3) is 0. The molecule has 0 spiro atoms. The van der Waals surface area contributed by atoms with Gasteiger partial charge in [-0.2, -0.15) is 5.26 Å². The number of hydrogen-bond donors (Lipinski definition) is 1. The summed E-state index contributed by atoms with van der Waals surface area (Å²) < 4.78 is 26.9. The zero-order valence-corrected chi connectivity index (χ0v) is 11.8. The largest absolute Gasteiger partial charge is 0.320 e. The molecule has 0 unspecified atom stereocenters. The average molecular weight is 327 g/mol. The van der Waals surface area contributed by atoms with E-state index in [1.807, 2.05) is 6.07 Å². The quantitative estimate of drug-likeness (QED) is 0.832. The fourth-order valence-corrected chi connectivity index (χ4v) is 1.89. The third-order valence-corrected chi connectivity index (χ3v) is 3.22. The minimum absolute atomic E-state index is 0.121. The van der Waals surface area contributed by atoms with Crippen LogP contribution in [0.2, 0.25) is 10.0 Å². The molecule has 0 aliphatic carbocycles. The molecule has 0 saturated heterocycles. The van der Waals surface area contributed by atoms with Crippen LogP contribution < -0.4 is 5.32 Å². The maximum atomic E-state index is 13.6. The van der Waals surface area contributed by atoms with Gasteiger partial charge in [0.05, 0.1) is 32.9 Å². The molecule has 0 saturated carbocycles. The van der Waals surface area contributed by atoms with Crippen LogP contribution in [0.3, 0.4) is 0 Å². The number of carbonyl (C=O) groups excluding carboxylic acids is 1. The van der Waals surface area contributed by atoms with Crippen molar-refractivity contribution in [2.24, 2.45) is 0 Å². The second-order valence-electron chi connectivity index (χ2n) is 4.01.